The van der Waals surface area contributed by atoms with Crippen LogP contribution in [-0.2, 0) is 21.3 Å². The van der Waals surface area contributed by atoms with Crippen LogP contribution in [0.3, 0.4) is 0 Å². The van der Waals surface area contributed by atoms with Crippen molar-refractivity contribution >= 4 is 34.6 Å². The van der Waals surface area contributed by atoms with Crippen molar-refractivity contribution in [2.24, 2.45) is 0 Å². The Kier molecular flexibility index (Phi) is 7.49. The molecule has 0 radical (unpaired) electrons. The average Bonchev–Trinajstić information content (AvgIpc) is 3.24. The molecule has 3 rings (SSSR count). The molecule has 0 bridgehead atoms. The van der Waals surface area contributed by atoms with Crippen LogP contribution in [0.5, 0.6) is 11.5 Å². The molecule has 1 aromatic carbocycles. The van der Waals surface area contributed by atoms with Gasteiger partial charge in [0.2, 0.25) is 0 Å². The molecule has 8 heteroatoms. The van der Waals surface area contributed by atoms with Crippen LogP contribution < -0.4 is 0 Å². The van der Waals surface area contributed by atoms with E-state index in [0.717, 1.165) is 5.56 Å². The molecular formula is C25H28O6S2. The summed E-state index contributed by atoms with van der Waals surface area (Å²) < 4.78 is 10.3. The number of esters is 2. The predicted octanol–water partition coefficient (Wildman–Crippen LogP) is 5.74. The van der Waals surface area contributed by atoms with Crippen LogP contribution in [0.25, 0.3) is 0 Å². The Morgan fingerprint density at radius 2 is 1.27 bits per heavy atom. The summed E-state index contributed by atoms with van der Waals surface area (Å²) in [5.41, 5.74) is 0.325. The van der Waals surface area contributed by atoms with Gasteiger partial charge in [-0.2, -0.15) is 0 Å². The molecule has 176 valence electrons. The van der Waals surface area contributed by atoms with Crippen molar-refractivity contribution in [3.05, 3.63) is 66.5 Å². The SMILES string of the molecule is CCOC(=O)c1c(C)sc(C(C)(Cc2ccccc2)c2sc(C)c(C(=O)OCC)c2O)c1O. The van der Waals surface area contributed by atoms with Gasteiger partial charge in [0.15, 0.2) is 0 Å². The van der Waals surface area contributed by atoms with Crippen LogP contribution in [0.15, 0.2) is 30.3 Å². The van der Waals surface area contributed by atoms with Crippen molar-refractivity contribution in [3.63, 3.8) is 0 Å². The largest absolute Gasteiger partial charge is 0.506 e. The van der Waals surface area contributed by atoms with Crippen molar-refractivity contribution in [1.82, 2.24) is 0 Å². The van der Waals surface area contributed by atoms with Gasteiger partial charge in [0.05, 0.1) is 23.0 Å². The lowest BCUT2D eigenvalue weighted by molar-refractivity contribution is 0.0513. The van der Waals surface area contributed by atoms with Crippen molar-refractivity contribution in [1.29, 1.82) is 0 Å². The molecule has 33 heavy (non-hydrogen) atoms. The molecule has 0 saturated heterocycles. The van der Waals surface area contributed by atoms with E-state index < -0.39 is 17.4 Å². The molecule has 0 aliphatic heterocycles. The molecule has 0 spiro atoms. The molecule has 2 heterocycles. The van der Waals surface area contributed by atoms with E-state index in [1.54, 1.807) is 27.7 Å². The fourth-order valence-corrected chi connectivity index (χ4v) is 6.41. The highest BCUT2D eigenvalue weighted by molar-refractivity contribution is 7.14. The number of rotatable bonds is 8. The van der Waals surface area contributed by atoms with Gasteiger partial charge in [0, 0.05) is 15.2 Å². The number of ether oxygens (including phenoxy) is 2. The minimum atomic E-state index is -0.921. The van der Waals surface area contributed by atoms with Crippen molar-refractivity contribution in [2.45, 2.75) is 46.5 Å². The second-order valence-corrected chi connectivity index (χ2v) is 10.3. The van der Waals surface area contributed by atoms with Gasteiger partial charge >= 0.3 is 11.9 Å². The van der Waals surface area contributed by atoms with Crippen LogP contribution in [-0.4, -0.2) is 35.4 Å². The average molecular weight is 489 g/mol. The lowest BCUT2D eigenvalue weighted by Crippen LogP contribution is -2.25. The third-order valence-corrected chi connectivity index (χ3v) is 8.20. The molecule has 0 atom stereocenters. The van der Waals surface area contributed by atoms with Gasteiger partial charge in [-0.15, -0.1) is 22.7 Å². The molecule has 0 saturated carbocycles. The lowest BCUT2D eigenvalue weighted by atomic mass is 9.79. The first-order chi connectivity index (χ1) is 15.7. The molecule has 2 N–H and O–H groups in total. The summed E-state index contributed by atoms with van der Waals surface area (Å²) in [6.45, 7) is 9.22. The number of carbonyl (C=O) groups excluding carboxylic acids is 2. The number of aryl methyl sites for hydroxylation is 2. The first kappa shape index (κ1) is 24.8. The van der Waals surface area contributed by atoms with Crippen LogP contribution >= 0.6 is 22.7 Å². The third kappa shape index (κ3) is 4.63. The first-order valence-corrected chi connectivity index (χ1v) is 12.3. The molecule has 0 amide bonds. The molecular weight excluding hydrogens is 460 g/mol. The number of benzene rings is 1. The van der Waals surface area contributed by atoms with Gasteiger partial charge in [-0.3, -0.25) is 0 Å². The Morgan fingerprint density at radius 3 is 1.67 bits per heavy atom. The maximum Gasteiger partial charge on any atom is 0.343 e. The van der Waals surface area contributed by atoms with Crippen LogP contribution in [0, 0.1) is 13.8 Å². The molecule has 0 fully saturated rings. The van der Waals surface area contributed by atoms with E-state index in [4.69, 9.17) is 9.47 Å². The van der Waals surface area contributed by atoms with E-state index in [2.05, 4.69) is 0 Å². The summed E-state index contributed by atoms with van der Waals surface area (Å²) in [6, 6.07) is 9.68. The van der Waals surface area contributed by atoms with Gasteiger partial charge in [-0.25, -0.2) is 9.59 Å². The Morgan fingerprint density at radius 1 is 0.848 bits per heavy atom. The van der Waals surface area contributed by atoms with Crippen LogP contribution in [0.1, 0.15) is 66.6 Å². The molecule has 0 aliphatic carbocycles. The summed E-state index contributed by atoms with van der Waals surface area (Å²) in [7, 11) is 0. The topological polar surface area (TPSA) is 93.1 Å². The molecule has 0 unspecified atom stereocenters. The van der Waals surface area contributed by atoms with Crippen LogP contribution in [0.4, 0.5) is 0 Å². The highest BCUT2D eigenvalue weighted by atomic mass is 32.1. The van der Waals surface area contributed by atoms with E-state index >= 15 is 0 Å². The maximum absolute atomic E-state index is 12.5. The van der Waals surface area contributed by atoms with Gasteiger partial charge in [0.25, 0.3) is 0 Å². The Labute approximate surface area is 201 Å². The van der Waals surface area contributed by atoms with Crippen LogP contribution in [0.2, 0.25) is 0 Å². The van der Waals surface area contributed by atoms with Gasteiger partial charge in [-0.1, -0.05) is 30.3 Å². The molecule has 6 nitrogen and oxygen atoms in total. The zero-order chi connectivity index (χ0) is 24.3. The van der Waals surface area contributed by atoms with E-state index in [-0.39, 0.29) is 35.8 Å². The van der Waals surface area contributed by atoms with E-state index in [1.807, 2.05) is 37.3 Å². The van der Waals surface area contributed by atoms with Crippen molar-refractivity contribution in [3.8, 4) is 11.5 Å². The highest BCUT2D eigenvalue weighted by Gasteiger charge is 2.41. The first-order valence-electron chi connectivity index (χ1n) is 10.7. The number of thiophene rings is 2. The fourth-order valence-electron chi connectivity index (χ4n) is 3.97. The molecule has 2 aromatic heterocycles. The zero-order valence-electron chi connectivity index (χ0n) is 19.4. The number of hydrogen-bond acceptors (Lipinski definition) is 8. The summed E-state index contributed by atoms with van der Waals surface area (Å²) in [5.74, 6) is -1.48. The van der Waals surface area contributed by atoms with E-state index in [1.165, 1.54) is 22.7 Å². The second-order valence-electron chi connectivity index (χ2n) is 7.86. The van der Waals surface area contributed by atoms with Gasteiger partial charge in [-0.05, 0) is 46.6 Å². The summed E-state index contributed by atoms with van der Waals surface area (Å²) in [5, 5.41) is 22.4. The lowest BCUT2D eigenvalue weighted by Gasteiger charge is -2.29. The highest BCUT2D eigenvalue weighted by Crippen LogP contribution is 2.52. The fraction of sp³-hybridized carbons (Fsp3) is 0.360. The quantitative estimate of drug-likeness (QED) is 0.393. The number of hydrogen-bond donors (Lipinski definition) is 2. The summed E-state index contributed by atoms with van der Waals surface area (Å²) >= 11 is 2.57. The Balaban J connectivity index is 2.24. The summed E-state index contributed by atoms with van der Waals surface area (Å²) in [6.07, 6.45) is 0.430. The second kappa shape index (κ2) is 9.97. The standard InChI is InChI=1S/C25H28O6S2/c1-6-30-23(28)17-14(3)32-21(19(17)26)25(5,13-16-11-9-8-10-12-16)22-20(27)18(15(4)33-22)24(29)31-7-2/h8-12,26-27H,6-7,13H2,1-5H3. The van der Waals surface area contributed by atoms with Crippen molar-refractivity contribution in [2.75, 3.05) is 13.2 Å². The smallest absolute Gasteiger partial charge is 0.343 e. The van der Waals surface area contributed by atoms with E-state index in [9.17, 15) is 19.8 Å². The normalized spacial score (nSPS) is 11.4. The third-order valence-electron chi connectivity index (χ3n) is 5.48. The minimum absolute atomic E-state index is 0.134. The minimum Gasteiger partial charge on any atom is -0.506 e. The van der Waals surface area contributed by atoms with Crippen molar-refractivity contribution < 1.29 is 29.3 Å². The summed E-state index contributed by atoms with van der Waals surface area (Å²) in [4.78, 5) is 27.3. The Bertz CT molecular complexity index is 1090. The zero-order valence-corrected chi connectivity index (χ0v) is 21.0. The molecule has 3 aromatic rings. The Hall–Kier alpha value is -2.84. The van der Waals surface area contributed by atoms with Gasteiger partial charge in [0.1, 0.15) is 22.6 Å². The maximum atomic E-state index is 12.5. The number of aromatic hydroxyl groups is 2. The monoisotopic (exact) mass is 488 g/mol. The van der Waals surface area contributed by atoms with E-state index in [0.29, 0.717) is 25.9 Å². The predicted molar refractivity (Wildman–Crippen MR) is 130 cm³/mol. The molecule has 0 aliphatic rings. The number of carbonyl (C=O) groups is 2. The van der Waals surface area contributed by atoms with Gasteiger partial charge < -0.3 is 19.7 Å².